The third-order valence-corrected chi connectivity index (χ3v) is 2.12. The molecule has 0 fully saturated rings. The zero-order valence-corrected chi connectivity index (χ0v) is 8.99. The van der Waals surface area contributed by atoms with E-state index in [9.17, 15) is 9.59 Å². The average Bonchev–Trinajstić information content (AvgIpc) is 2.23. The highest BCUT2D eigenvalue weighted by Gasteiger charge is 2.05. The second-order valence-electron chi connectivity index (χ2n) is 3.33. The molecule has 0 radical (unpaired) electrons. The molecule has 0 saturated carbocycles. The molecule has 15 heavy (non-hydrogen) atoms. The van der Waals surface area contributed by atoms with E-state index in [1.54, 1.807) is 19.3 Å². The summed E-state index contributed by atoms with van der Waals surface area (Å²) in [5.74, 6) is 0. The van der Waals surface area contributed by atoms with Crippen LogP contribution in [0.3, 0.4) is 0 Å². The number of aryl methyl sites for hydroxylation is 1. The van der Waals surface area contributed by atoms with Crippen molar-refractivity contribution in [3.8, 4) is 0 Å². The van der Waals surface area contributed by atoms with E-state index in [2.05, 4.69) is 11.9 Å². The van der Waals surface area contributed by atoms with Gasteiger partial charge in [0, 0.05) is 38.9 Å². The van der Waals surface area contributed by atoms with Crippen molar-refractivity contribution < 1.29 is 0 Å². The molecule has 0 bridgehead atoms. The summed E-state index contributed by atoms with van der Waals surface area (Å²) in [6, 6.07) is 0. The number of rotatable bonds is 4. The standard InChI is InChI=1S/C10H15N3O2/c1-4-5-11-6-8-7-12(2)10(15)13(3)9(8)14/h4,7,11H,1,5-6H2,2-3H3. The highest BCUT2D eigenvalue weighted by molar-refractivity contribution is 5.05. The van der Waals surface area contributed by atoms with Crippen LogP contribution in [0.2, 0.25) is 0 Å². The van der Waals surface area contributed by atoms with E-state index in [4.69, 9.17) is 0 Å². The van der Waals surface area contributed by atoms with Crippen LogP contribution in [0.5, 0.6) is 0 Å². The summed E-state index contributed by atoms with van der Waals surface area (Å²) in [4.78, 5) is 23.0. The molecule has 1 rings (SSSR count). The monoisotopic (exact) mass is 209 g/mol. The molecule has 0 unspecified atom stereocenters. The van der Waals surface area contributed by atoms with Crippen molar-refractivity contribution in [3.63, 3.8) is 0 Å². The lowest BCUT2D eigenvalue weighted by atomic mass is 10.3. The molecule has 0 spiro atoms. The molecule has 5 nitrogen and oxygen atoms in total. The van der Waals surface area contributed by atoms with Crippen LogP contribution in [-0.4, -0.2) is 15.7 Å². The van der Waals surface area contributed by atoms with Crippen LogP contribution >= 0.6 is 0 Å². The van der Waals surface area contributed by atoms with Crippen molar-refractivity contribution in [2.24, 2.45) is 14.1 Å². The lowest BCUT2D eigenvalue weighted by Gasteiger charge is -2.06. The van der Waals surface area contributed by atoms with Crippen LogP contribution in [0, 0.1) is 0 Å². The Morgan fingerprint density at radius 3 is 2.73 bits per heavy atom. The van der Waals surface area contributed by atoms with Crippen molar-refractivity contribution in [3.05, 3.63) is 45.3 Å². The Labute approximate surface area is 87.7 Å². The van der Waals surface area contributed by atoms with Gasteiger partial charge in [-0.25, -0.2) is 4.79 Å². The topological polar surface area (TPSA) is 56.0 Å². The third kappa shape index (κ3) is 2.44. The van der Waals surface area contributed by atoms with Gasteiger partial charge in [0.15, 0.2) is 0 Å². The number of hydrogen-bond acceptors (Lipinski definition) is 3. The Morgan fingerprint density at radius 1 is 1.47 bits per heavy atom. The molecule has 0 aliphatic rings. The predicted molar refractivity (Wildman–Crippen MR) is 58.8 cm³/mol. The zero-order chi connectivity index (χ0) is 11.4. The van der Waals surface area contributed by atoms with Crippen LogP contribution < -0.4 is 16.6 Å². The van der Waals surface area contributed by atoms with E-state index in [1.165, 1.54) is 11.6 Å². The van der Waals surface area contributed by atoms with Gasteiger partial charge in [-0.05, 0) is 0 Å². The summed E-state index contributed by atoms with van der Waals surface area (Å²) in [6.07, 6.45) is 3.27. The summed E-state index contributed by atoms with van der Waals surface area (Å²) in [6.45, 7) is 4.63. The molecule has 0 aliphatic carbocycles. The fourth-order valence-electron chi connectivity index (χ4n) is 1.31. The second kappa shape index (κ2) is 4.75. The molecule has 5 heteroatoms. The molecule has 0 aliphatic heterocycles. The maximum Gasteiger partial charge on any atom is 0.330 e. The van der Waals surface area contributed by atoms with Gasteiger partial charge in [0.25, 0.3) is 5.56 Å². The first kappa shape index (κ1) is 11.5. The van der Waals surface area contributed by atoms with E-state index in [1.807, 2.05) is 0 Å². The normalized spacial score (nSPS) is 10.3. The quantitative estimate of drug-likeness (QED) is 0.530. The van der Waals surface area contributed by atoms with Gasteiger partial charge in [-0.3, -0.25) is 9.36 Å². The first-order valence-electron chi connectivity index (χ1n) is 4.65. The van der Waals surface area contributed by atoms with Gasteiger partial charge in [0.1, 0.15) is 0 Å². The van der Waals surface area contributed by atoms with Crippen LogP contribution in [0.25, 0.3) is 0 Å². The minimum absolute atomic E-state index is 0.255. The molecule has 0 amide bonds. The molecule has 1 aromatic rings. The highest BCUT2D eigenvalue weighted by Crippen LogP contribution is 1.86. The predicted octanol–water partition coefficient (Wildman–Crippen LogP) is -0.640. The van der Waals surface area contributed by atoms with Crippen molar-refractivity contribution in [2.45, 2.75) is 6.54 Å². The summed E-state index contributed by atoms with van der Waals surface area (Å²) in [5, 5.41) is 3.02. The van der Waals surface area contributed by atoms with Gasteiger partial charge in [-0.1, -0.05) is 6.08 Å². The van der Waals surface area contributed by atoms with Gasteiger partial charge < -0.3 is 9.88 Å². The van der Waals surface area contributed by atoms with Crippen molar-refractivity contribution in [1.82, 2.24) is 14.5 Å². The molecule has 1 aromatic heterocycles. The molecule has 1 heterocycles. The number of hydrogen-bond donors (Lipinski definition) is 1. The van der Waals surface area contributed by atoms with E-state index in [0.717, 1.165) is 4.57 Å². The average molecular weight is 209 g/mol. The first-order chi connectivity index (χ1) is 7.07. The Hall–Kier alpha value is -1.62. The summed E-state index contributed by atoms with van der Waals surface area (Å²) >= 11 is 0. The largest absolute Gasteiger partial charge is 0.330 e. The van der Waals surface area contributed by atoms with Gasteiger partial charge in [-0.15, -0.1) is 6.58 Å². The third-order valence-electron chi connectivity index (χ3n) is 2.12. The van der Waals surface area contributed by atoms with Crippen molar-refractivity contribution in [2.75, 3.05) is 6.54 Å². The Morgan fingerprint density at radius 2 is 2.13 bits per heavy atom. The molecule has 82 valence electrons. The van der Waals surface area contributed by atoms with E-state index in [0.29, 0.717) is 18.7 Å². The maximum absolute atomic E-state index is 11.6. The Kier molecular flexibility index (Phi) is 3.62. The highest BCUT2D eigenvalue weighted by atomic mass is 16.2. The molecule has 0 atom stereocenters. The minimum Gasteiger partial charge on any atom is -0.309 e. The number of nitrogens with one attached hydrogen (secondary N) is 1. The van der Waals surface area contributed by atoms with Gasteiger partial charge in [-0.2, -0.15) is 0 Å². The van der Waals surface area contributed by atoms with Gasteiger partial charge >= 0.3 is 5.69 Å². The lowest BCUT2D eigenvalue weighted by Crippen LogP contribution is -2.39. The molecule has 1 N–H and O–H groups in total. The number of aromatic nitrogens is 2. The molecular weight excluding hydrogens is 194 g/mol. The SMILES string of the molecule is C=CCNCc1cn(C)c(=O)n(C)c1=O. The summed E-state index contributed by atoms with van der Waals surface area (Å²) < 4.78 is 2.50. The van der Waals surface area contributed by atoms with Crippen LogP contribution in [-0.2, 0) is 20.6 Å². The fourth-order valence-corrected chi connectivity index (χ4v) is 1.31. The van der Waals surface area contributed by atoms with Gasteiger partial charge in [0.05, 0.1) is 0 Å². The fraction of sp³-hybridized carbons (Fsp3) is 0.400. The smallest absolute Gasteiger partial charge is 0.309 e. The molecule has 0 aromatic carbocycles. The summed E-state index contributed by atoms with van der Waals surface area (Å²) in [7, 11) is 3.10. The first-order valence-corrected chi connectivity index (χ1v) is 4.65. The van der Waals surface area contributed by atoms with Crippen LogP contribution in [0.1, 0.15) is 5.56 Å². The Balaban J connectivity index is 3.04. The summed E-state index contributed by atoms with van der Waals surface area (Å²) in [5.41, 5.74) is 0.00332. The van der Waals surface area contributed by atoms with E-state index in [-0.39, 0.29) is 11.2 Å². The second-order valence-corrected chi connectivity index (χ2v) is 3.33. The van der Waals surface area contributed by atoms with Crippen molar-refractivity contribution in [1.29, 1.82) is 0 Å². The number of nitrogens with zero attached hydrogens (tertiary/aromatic N) is 2. The molecular formula is C10H15N3O2. The molecule has 0 saturated heterocycles. The van der Waals surface area contributed by atoms with Crippen molar-refractivity contribution >= 4 is 0 Å². The Bertz CT molecular complexity index is 471. The van der Waals surface area contributed by atoms with Crippen LogP contribution in [0.4, 0.5) is 0 Å². The maximum atomic E-state index is 11.6. The van der Waals surface area contributed by atoms with Gasteiger partial charge in [0.2, 0.25) is 0 Å². The minimum atomic E-state index is -0.313. The van der Waals surface area contributed by atoms with E-state index >= 15 is 0 Å². The zero-order valence-electron chi connectivity index (χ0n) is 8.99. The van der Waals surface area contributed by atoms with Crippen LogP contribution in [0.15, 0.2) is 28.4 Å². The lowest BCUT2D eigenvalue weighted by molar-refractivity contribution is 0.647. The van der Waals surface area contributed by atoms with E-state index < -0.39 is 0 Å².